The summed E-state index contributed by atoms with van der Waals surface area (Å²) in [6.45, 7) is 0. The van der Waals surface area contributed by atoms with E-state index < -0.39 is 6.29 Å². The van der Waals surface area contributed by atoms with E-state index in [1.54, 1.807) is 28.4 Å². The summed E-state index contributed by atoms with van der Waals surface area (Å²) in [5.74, 6) is 0.459. The lowest BCUT2D eigenvalue weighted by Gasteiger charge is -2.25. The van der Waals surface area contributed by atoms with Crippen molar-refractivity contribution in [3.63, 3.8) is 0 Å². The van der Waals surface area contributed by atoms with Crippen LogP contribution in [0.4, 0.5) is 0 Å². The largest absolute Gasteiger partial charge is 0.369 e. The Morgan fingerprint density at radius 3 is 2.80 bits per heavy atom. The summed E-state index contributed by atoms with van der Waals surface area (Å²) in [6, 6.07) is 0. The van der Waals surface area contributed by atoms with Crippen LogP contribution >= 0.6 is 12.2 Å². The average molecular weight is 229 g/mol. The van der Waals surface area contributed by atoms with Crippen LogP contribution in [0.25, 0.3) is 0 Å². The molecule has 0 fully saturated rings. The topological polar surface area (TPSA) is 72.5 Å². The number of nitrogens with zero attached hydrogens (tertiary/aromatic N) is 5. The molecule has 0 bridgehead atoms. The molecule has 1 aliphatic rings. The average Bonchev–Trinajstić information content (AvgIpc) is 2.50. The normalized spacial score (nSPS) is 22.3. The standard InChI is InChI=1S/C7H15N7S/c1-9-14-6(8)11-7(13(14)5-15)10-4-12(2)3/h4-6,9H,8H2,1-3H3. The Morgan fingerprint density at radius 2 is 2.33 bits per heavy atom. The molecule has 7 nitrogen and oxygen atoms in total. The molecule has 1 rings (SSSR count). The van der Waals surface area contributed by atoms with E-state index in [4.69, 9.17) is 18.0 Å². The highest BCUT2D eigenvalue weighted by atomic mass is 32.1. The number of hydrazine groups is 2. The molecule has 1 unspecified atom stereocenters. The van der Waals surface area contributed by atoms with Gasteiger partial charge in [-0.25, -0.2) is 20.4 Å². The molecule has 15 heavy (non-hydrogen) atoms. The minimum atomic E-state index is -0.511. The van der Waals surface area contributed by atoms with Gasteiger partial charge in [0.15, 0.2) is 6.29 Å². The van der Waals surface area contributed by atoms with Crippen molar-refractivity contribution in [1.29, 1.82) is 0 Å². The number of hydrogen-bond acceptors (Lipinski definition) is 6. The van der Waals surface area contributed by atoms with Crippen LogP contribution in [0.5, 0.6) is 0 Å². The Morgan fingerprint density at radius 1 is 1.67 bits per heavy atom. The lowest BCUT2D eigenvalue weighted by Crippen LogP contribution is -2.53. The van der Waals surface area contributed by atoms with Gasteiger partial charge >= 0.3 is 0 Å². The fourth-order valence-electron chi connectivity index (χ4n) is 1.05. The van der Waals surface area contributed by atoms with Crippen LogP contribution in [-0.4, -0.2) is 60.2 Å². The van der Waals surface area contributed by atoms with Crippen LogP contribution in [0.3, 0.4) is 0 Å². The Kier molecular flexibility index (Phi) is 4.09. The van der Waals surface area contributed by atoms with Crippen LogP contribution in [0.15, 0.2) is 9.98 Å². The van der Waals surface area contributed by atoms with Gasteiger partial charge in [0.25, 0.3) is 0 Å². The molecule has 84 valence electrons. The zero-order valence-electron chi connectivity index (χ0n) is 8.95. The van der Waals surface area contributed by atoms with Gasteiger partial charge in [-0.15, -0.1) is 5.12 Å². The number of hydrogen-bond donors (Lipinski definition) is 2. The van der Waals surface area contributed by atoms with Gasteiger partial charge in [0.05, 0.1) is 11.8 Å². The quantitative estimate of drug-likeness (QED) is 0.360. The van der Waals surface area contributed by atoms with Crippen molar-refractivity contribution in [3.8, 4) is 0 Å². The summed E-state index contributed by atoms with van der Waals surface area (Å²) in [4.78, 5) is 10.1. The summed E-state index contributed by atoms with van der Waals surface area (Å²) in [6.07, 6.45) is 1.12. The second-order valence-electron chi connectivity index (χ2n) is 3.07. The third-order valence-electron chi connectivity index (χ3n) is 1.67. The van der Waals surface area contributed by atoms with Crippen LogP contribution in [0, 0.1) is 0 Å². The monoisotopic (exact) mass is 229 g/mol. The highest BCUT2D eigenvalue weighted by Gasteiger charge is 2.29. The minimum absolute atomic E-state index is 0.459. The Labute approximate surface area is 94.2 Å². The second-order valence-corrected chi connectivity index (χ2v) is 3.28. The molecule has 0 aromatic rings. The third kappa shape index (κ3) is 2.69. The van der Waals surface area contributed by atoms with E-state index in [0.717, 1.165) is 0 Å². The van der Waals surface area contributed by atoms with Crippen LogP contribution < -0.4 is 11.2 Å². The van der Waals surface area contributed by atoms with Gasteiger partial charge < -0.3 is 4.90 Å². The van der Waals surface area contributed by atoms with Gasteiger partial charge in [-0.05, 0) is 0 Å². The molecular formula is C7H15N7S. The highest BCUT2D eigenvalue weighted by molar-refractivity contribution is 7.78. The molecule has 0 saturated heterocycles. The molecule has 0 saturated carbocycles. The summed E-state index contributed by atoms with van der Waals surface area (Å²) in [5, 5.41) is 3.15. The maximum atomic E-state index is 5.73. The van der Waals surface area contributed by atoms with Crippen molar-refractivity contribution in [1.82, 2.24) is 20.5 Å². The smallest absolute Gasteiger partial charge is 0.246 e. The third-order valence-corrected chi connectivity index (χ3v) is 1.87. The minimum Gasteiger partial charge on any atom is -0.369 e. The predicted octanol–water partition coefficient (Wildman–Crippen LogP) is -1.20. The Bertz CT molecular complexity index is 287. The van der Waals surface area contributed by atoms with E-state index in [2.05, 4.69) is 15.4 Å². The van der Waals surface area contributed by atoms with Gasteiger partial charge in [0.2, 0.25) is 5.96 Å². The maximum Gasteiger partial charge on any atom is 0.246 e. The van der Waals surface area contributed by atoms with E-state index >= 15 is 0 Å². The van der Waals surface area contributed by atoms with Gasteiger partial charge in [0, 0.05) is 21.1 Å². The van der Waals surface area contributed by atoms with Gasteiger partial charge in [-0.3, -0.25) is 5.73 Å². The van der Waals surface area contributed by atoms with Crippen molar-refractivity contribution in [3.05, 3.63) is 0 Å². The zero-order valence-corrected chi connectivity index (χ0v) is 9.77. The first-order valence-corrected chi connectivity index (χ1v) is 4.82. The van der Waals surface area contributed by atoms with E-state index in [0.29, 0.717) is 5.96 Å². The second kappa shape index (κ2) is 5.12. The molecule has 0 spiro atoms. The van der Waals surface area contributed by atoms with Crippen molar-refractivity contribution < 1.29 is 0 Å². The maximum absolute atomic E-state index is 5.73. The van der Waals surface area contributed by atoms with Gasteiger partial charge in [0.1, 0.15) is 0 Å². The first kappa shape index (κ1) is 12.0. The predicted molar refractivity (Wildman–Crippen MR) is 64.0 cm³/mol. The molecule has 1 aliphatic heterocycles. The molecule has 1 atom stereocenters. The number of nitrogens with two attached hydrogens (primary N) is 1. The molecule has 1 heterocycles. The van der Waals surface area contributed by atoms with Gasteiger partial charge in [-0.1, -0.05) is 12.2 Å². The van der Waals surface area contributed by atoms with Crippen LogP contribution in [-0.2, 0) is 0 Å². The number of nitrogens with one attached hydrogen (secondary N) is 1. The van der Waals surface area contributed by atoms with E-state index in [1.165, 1.54) is 5.49 Å². The fraction of sp³-hybridized carbons (Fsp3) is 0.571. The van der Waals surface area contributed by atoms with Crippen molar-refractivity contribution in [2.75, 3.05) is 21.1 Å². The van der Waals surface area contributed by atoms with Crippen LogP contribution in [0.2, 0.25) is 0 Å². The number of rotatable bonds is 3. The molecule has 8 heteroatoms. The van der Waals surface area contributed by atoms with Crippen LogP contribution in [0.1, 0.15) is 0 Å². The summed E-state index contributed by atoms with van der Waals surface area (Å²) in [7, 11) is 5.48. The number of thiocarbonyl (C=S) groups is 1. The molecular weight excluding hydrogens is 214 g/mol. The van der Waals surface area contributed by atoms with Gasteiger partial charge in [-0.2, -0.15) is 0 Å². The summed E-state index contributed by atoms with van der Waals surface area (Å²) in [5.41, 5.74) is 10.0. The van der Waals surface area contributed by atoms with E-state index in [1.807, 2.05) is 14.1 Å². The Balaban J connectivity index is 2.80. The first-order chi connectivity index (χ1) is 7.10. The summed E-state index contributed by atoms with van der Waals surface area (Å²) < 4.78 is 0. The summed E-state index contributed by atoms with van der Waals surface area (Å²) >= 11 is 4.86. The number of aliphatic imine (C=N–C) groups is 2. The molecule has 0 radical (unpaired) electrons. The van der Waals surface area contributed by atoms with Crippen molar-refractivity contribution in [2.45, 2.75) is 6.29 Å². The van der Waals surface area contributed by atoms with E-state index in [-0.39, 0.29) is 0 Å². The van der Waals surface area contributed by atoms with Crippen molar-refractivity contribution in [2.24, 2.45) is 15.7 Å². The SMILES string of the molecule is CNN1C(N)N=C(N=CN(C)C)N1C=S. The molecule has 0 aromatic heterocycles. The Hall–Kier alpha value is -1.09. The first-order valence-electron chi connectivity index (χ1n) is 4.35. The zero-order chi connectivity index (χ0) is 11.4. The van der Waals surface area contributed by atoms with Crippen molar-refractivity contribution >= 4 is 30.0 Å². The molecule has 0 aliphatic carbocycles. The fourth-order valence-corrected chi connectivity index (χ4v) is 1.25. The van der Waals surface area contributed by atoms with E-state index in [9.17, 15) is 0 Å². The lowest BCUT2D eigenvalue weighted by molar-refractivity contribution is 0.0398. The highest BCUT2D eigenvalue weighted by Crippen LogP contribution is 2.08. The lowest BCUT2D eigenvalue weighted by atomic mass is 10.8. The molecule has 3 N–H and O–H groups in total. The molecule has 0 amide bonds. The molecule has 0 aromatic carbocycles. The number of guanidine groups is 1.